The summed E-state index contributed by atoms with van der Waals surface area (Å²) in [7, 11) is 2.62. The highest BCUT2D eigenvalue weighted by atomic mass is 16.5. The molecular weight excluding hydrogens is 749 g/mol. The first-order valence-electron chi connectivity index (χ1n) is 21.1. The molecule has 2 aromatic heterocycles. The summed E-state index contributed by atoms with van der Waals surface area (Å²) >= 11 is 0. The van der Waals surface area contributed by atoms with E-state index in [9.17, 15) is 19.2 Å². The summed E-state index contributed by atoms with van der Waals surface area (Å²) in [4.78, 5) is 72.5. The molecule has 2 aliphatic heterocycles. The summed E-state index contributed by atoms with van der Waals surface area (Å²) in [6.07, 6.45) is 9.04. The first kappa shape index (κ1) is 40.1. The van der Waals surface area contributed by atoms with E-state index in [-0.39, 0.29) is 47.8 Å². The molecule has 312 valence electrons. The fourth-order valence-electron chi connectivity index (χ4n) is 9.73. The van der Waals surface area contributed by atoms with Gasteiger partial charge >= 0.3 is 12.2 Å². The Bertz CT molecular complexity index is 2160. The van der Waals surface area contributed by atoms with E-state index in [1.54, 1.807) is 0 Å². The second-order valence-corrected chi connectivity index (χ2v) is 17.4. The zero-order valence-corrected chi connectivity index (χ0v) is 34.7. The first-order chi connectivity index (χ1) is 28.4. The van der Waals surface area contributed by atoms with Gasteiger partial charge in [-0.25, -0.2) is 19.6 Å². The van der Waals surface area contributed by atoms with E-state index in [0.717, 1.165) is 83.8 Å². The van der Waals surface area contributed by atoms with Crippen LogP contribution in [-0.4, -0.2) is 98.2 Å². The molecule has 2 saturated carbocycles. The zero-order valence-electron chi connectivity index (χ0n) is 34.7. The van der Waals surface area contributed by atoms with Gasteiger partial charge in [0.1, 0.15) is 23.7 Å². The van der Waals surface area contributed by atoms with Crippen molar-refractivity contribution < 1.29 is 28.7 Å². The van der Waals surface area contributed by atoms with Crippen molar-refractivity contribution in [3.8, 4) is 33.6 Å². The van der Waals surface area contributed by atoms with Crippen LogP contribution in [0.1, 0.15) is 83.9 Å². The van der Waals surface area contributed by atoms with Crippen molar-refractivity contribution in [3.05, 3.63) is 72.6 Å². The Morgan fingerprint density at radius 2 is 1.14 bits per heavy atom. The second kappa shape index (κ2) is 16.5. The van der Waals surface area contributed by atoms with Crippen molar-refractivity contribution in [2.24, 2.45) is 23.7 Å². The third kappa shape index (κ3) is 7.81. The van der Waals surface area contributed by atoms with Gasteiger partial charge < -0.3 is 39.9 Å². The van der Waals surface area contributed by atoms with E-state index < -0.39 is 24.3 Å². The van der Waals surface area contributed by atoms with Gasteiger partial charge in [0.25, 0.3) is 0 Å². The van der Waals surface area contributed by atoms with Crippen LogP contribution < -0.4 is 10.6 Å². The van der Waals surface area contributed by atoms with E-state index in [1.807, 2.05) is 49.9 Å². The molecule has 4 aliphatic rings. The third-order valence-corrected chi connectivity index (χ3v) is 13.3. The summed E-state index contributed by atoms with van der Waals surface area (Å²) in [5, 5.41) is 5.52. The van der Waals surface area contributed by atoms with Gasteiger partial charge in [0.2, 0.25) is 11.8 Å². The molecule has 4 N–H and O–H groups in total. The number of aromatic amines is 2. The van der Waals surface area contributed by atoms with Crippen molar-refractivity contribution in [3.63, 3.8) is 0 Å². The molecule has 8 rings (SSSR count). The lowest BCUT2D eigenvalue weighted by Gasteiger charge is -2.39. The molecule has 4 aromatic rings. The number of aromatic nitrogens is 4. The Kier molecular flexibility index (Phi) is 11.2. The maximum atomic E-state index is 13.9. The number of rotatable bonds is 12. The van der Waals surface area contributed by atoms with Crippen molar-refractivity contribution in [2.75, 3.05) is 14.2 Å². The van der Waals surface area contributed by atoms with Crippen LogP contribution in [0.15, 0.2) is 60.9 Å². The minimum Gasteiger partial charge on any atom is -0.453 e. The molecular formula is C45H56N8O6. The van der Waals surface area contributed by atoms with Gasteiger partial charge in [0, 0.05) is 24.5 Å². The van der Waals surface area contributed by atoms with Crippen LogP contribution >= 0.6 is 0 Å². The molecule has 0 bridgehead atoms. The molecule has 0 unspecified atom stereocenters. The highest BCUT2D eigenvalue weighted by Gasteiger charge is 2.52. The summed E-state index contributed by atoms with van der Waals surface area (Å²) < 4.78 is 9.64. The topological polar surface area (TPSA) is 175 Å². The summed E-state index contributed by atoms with van der Waals surface area (Å²) in [5.41, 5.74) is 5.97. The van der Waals surface area contributed by atoms with Crippen LogP contribution in [0.25, 0.3) is 33.6 Å². The van der Waals surface area contributed by atoms with Gasteiger partial charge in [-0.1, -0.05) is 76.2 Å². The largest absolute Gasteiger partial charge is 0.453 e. The number of likely N-dealkylation sites (tertiary alicyclic amines) is 2. The number of ether oxygens (including phenoxy) is 2. The molecule has 0 spiro atoms. The zero-order chi connectivity index (χ0) is 41.5. The maximum Gasteiger partial charge on any atom is 0.407 e. The number of fused-ring (bicyclic) bond motifs is 2. The van der Waals surface area contributed by atoms with Gasteiger partial charge in [-0.15, -0.1) is 0 Å². The standard InChI is InChI=1S/C45H56N8O6/c1-24(2)39(50-44(56)58-5)42(54)52-32(19-30-15-17-35(30)52)21-38-46-22-33(48-38)28-11-7-26(8-12-28)27-9-13-29(14-10-27)34-23-47-41(49-34)37-20-31-16-18-36(31)53(37)43(55)40(25(3)4)51-45(57)59-6/h7-14,22-25,30-32,35-37,39-40H,15-21H2,1-6H3,(H,46,48)(H,47,49)(H,50,56)(H,51,57)/t30-,31-,32+,35-,36-,37+,39+,40+/m1/s1. The number of benzene rings is 2. The molecule has 4 heterocycles. The number of carbonyl (C=O) groups excluding carboxylic acids is 4. The summed E-state index contributed by atoms with van der Waals surface area (Å²) in [6.45, 7) is 7.74. The van der Waals surface area contributed by atoms with Crippen LogP contribution in [0.5, 0.6) is 0 Å². The number of nitrogens with one attached hydrogen (secondary N) is 4. The summed E-state index contributed by atoms with van der Waals surface area (Å²) in [6, 6.07) is 15.6. The Labute approximate surface area is 345 Å². The van der Waals surface area contributed by atoms with Crippen LogP contribution in [0.2, 0.25) is 0 Å². The number of hydrogen-bond donors (Lipinski definition) is 4. The molecule has 59 heavy (non-hydrogen) atoms. The quantitative estimate of drug-likeness (QED) is 0.120. The van der Waals surface area contributed by atoms with E-state index in [4.69, 9.17) is 19.4 Å². The Hall–Kier alpha value is -5.66. The predicted octanol–water partition coefficient (Wildman–Crippen LogP) is 6.87. The fraction of sp³-hybridized carbons (Fsp3) is 0.511. The van der Waals surface area contributed by atoms with Gasteiger partial charge in [-0.2, -0.15) is 0 Å². The minimum absolute atomic E-state index is 0.00872. The number of methoxy groups -OCH3 is 2. The molecule has 2 saturated heterocycles. The monoisotopic (exact) mass is 804 g/mol. The fourth-order valence-corrected chi connectivity index (χ4v) is 9.73. The predicted molar refractivity (Wildman–Crippen MR) is 222 cm³/mol. The number of alkyl carbamates (subject to hydrolysis) is 2. The maximum absolute atomic E-state index is 13.9. The Morgan fingerprint density at radius 1 is 0.661 bits per heavy atom. The number of carbonyl (C=O) groups is 4. The number of hydrogen-bond acceptors (Lipinski definition) is 8. The molecule has 14 heteroatoms. The number of amides is 4. The van der Waals surface area contributed by atoms with E-state index >= 15 is 0 Å². The van der Waals surface area contributed by atoms with Crippen LogP contribution in [0.4, 0.5) is 9.59 Å². The van der Waals surface area contributed by atoms with Crippen molar-refractivity contribution in [1.29, 1.82) is 0 Å². The van der Waals surface area contributed by atoms with Gasteiger partial charge in [-0.3, -0.25) is 9.59 Å². The average molecular weight is 805 g/mol. The highest BCUT2D eigenvalue weighted by molar-refractivity contribution is 5.88. The van der Waals surface area contributed by atoms with Crippen molar-refractivity contribution in [2.45, 2.75) is 109 Å². The number of H-pyrrole nitrogens is 2. The molecule has 2 aromatic carbocycles. The Morgan fingerprint density at radius 3 is 1.64 bits per heavy atom. The summed E-state index contributed by atoms with van der Waals surface area (Å²) in [5.74, 6) is 2.21. The number of imidazole rings is 2. The molecule has 4 fully saturated rings. The van der Waals surface area contributed by atoms with Crippen molar-refractivity contribution in [1.82, 2.24) is 40.4 Å². The van der Waals surface area contributed by atoms with Crippen LogP contribution in [-0.2, 0) is 25.5 Å². The average Bonchev–Trinajstić information content (AvgIpc) is 4.00. The van der Waals surface area contributed by atoms with Gasteiger partial charge in [-0.05, 0) is 84.5 Å². The highest BCUT2D eigenvalue weighted by Crippen LogP contribution is 2.50. The normalized spacial score (nSPS) is 24.1. The molecule has 4 amide bonds. The molecule has 0 radical (unpaired) electrons. The van der Waals surface area contributed by atoms with E-state index in [1.165, 1.54) is 14.2 Å². The van der Waals surface area contributed by atoms with Gasteiger partial charge in [0.15, 0.2) is 0 Å². The first-order valence-corrected chi connectivity index (χ1v) is 21.1. The second-order valence-electron chi connectivity index (χ2n) is 17.4. The molecule has 2 aliphatic carbocycles. The smallest absolute Gasteiger partial charge is 0.407 e. The third-order valence-electron chi connectivity index (χ3n) is 13.3. The molecule has 14 nitrogen and oxygen atoms in total. The number of nitrogens with zero attached hydrogens (tertiary/aromatic N) is 4. The lowest BCUT2D eigenvalue weighted by molar-refractivity contribution is -0.140. The lowest BCUT2D eigenvalue weighted by atomic mass is 9.80. The van der Waals surface area contributed by atoms with Crippen molar-refractivity contribution >= 4 is 24.0 Å². The van der Waals surface area contributed by atoms with Gasteiger partial charge in [0.05, 0.1) is 44.0 Å². The minimum atomic E-state index is -0.679. The van der Waals surface area contributed by atoms with E-state index in [0.29, 0.717) is 18.3 Å². The van der Waals surface area contributed by atoms with Crippen LogP contribution in [0.3, 0.4) is 0 Å². The SMILES string of the molecule is COC(=O)N[C@H](C(=O)N1[C@H](Cc2ncc(-c3ccc(-c4ccc(-c5cnc([C@@H]6C[C@H]7CC[C@H]7N6C(=O)[C@@H](NC(=O)OC)C(C)C)[nH]5)cc4)cc3)[nH]2)C[C@H]2CC[C@H]21)C(C)C. The lowest BCUT2D eigenvalue weighted by Crippen LogP contribution is -2.56. The van der Waals surface area contributed by atoms with E-state index in [2.05, 4.69) is 69.1 Å². The van der Waals surface area contributed by atoms with Crippen LogP contribution in [0, 0.1) is 23.7 Å². The molecule has 8 atom stereocenters. The Balaban J connectivity index is 0.919.